The van der Waals surface area contributed by atoms with Crippen LogP contribution in [0.3, 0.4) is 0 Å². The molecule has 110 valence electrons. The van der Waals surface area contributed by atoms with E-state index in [2.05, 4.69) is 11.1 Å². The van der Waals surface area contributed by atoms with Crippen LogP contribution in [0, 0.1) is 11.3 Å². The minimum absolute atomic E-state index is 0.296. The number of hydrogen-bond acceptors (Lipinski definition) is 5. The van der Waals surface area contributed by atoms with Crippen LogP contribution in [0.5, 0.6) is 0 Å². The molecule has 0 unspecified atom stereocenters. The lowest BCUT2D eigenvalue weighted by Gasteiger charge is -2.32. The van der Waals surface area contributed by atoms with Crippen molar-refractivity contribution in [1.29, 1.82) is 5.26 Å². The van der Waals surface area contributed by atoms with Gasteiger partial charge in [0.25, 0.3) is 0 Å². The third-order valence-electron chi connectivity index (χ3n) is 4.62. The van der Waals surface area contributed by atoms with E-state index in [9.17, 15) is 5.26 Å². The Kier molecular flexibility index (Phi) is 3.32. The molecule has 2 aliphatic heterocycles. The third kappa shape index (κ3) is 2.36. The second-order valence-corrected chi connectivity index (χ2v) is 6.61. The zero-order valence-electron chi connectivity index (χ0n) is 12.8. The Morgan fingerprint density at radius 3 is 2.29 bits per heavy atom. The van der Waals surface area contributed by atoms with E-state index in [1.165, 1.54) is 0 Å². The van der Waals surface area contributed by atoms with Crippen LogP contribution in [-0.4, -0.2) is 36.5 Å². The topological polar surface area (TPSA) is 64.4 Å². The minimum Gasteiger partial charge on any atom is -0.399 e. The molecule has 0 amide bonds. The van der Waals surface area contributed by atoms with Gasteiger partial charge in [0.15, 0.2) is 0 Å². The van der Waals surface area contributed by atoms with Gasteiger partial charge in [0, 0.05) is 17.1 Å². The molecule has 5 nitrogen and oxygen atoms in total. The van der Waals surface area contributed by atoms with Gasteiger partial charge in [-0.2, -0.15) is 5.26 Å². The minimum atomic E-state index is -0.552. The van der Waals surface area contributed by atoms with Crippen LogP contribution in [0.2, 0.25) is 0 Å². The molecule has 0 aliphatic carbocycles. The molecule has 0 spiro atoms. The SMILES string of the molecule is CC1(C)OB(c2ccc(C3COC3)nc2C#N)OC1(C)C. The fourth-order valence-corrected chi connectivity index (χ4v) is 2.37. The number of nitriles is 1. The Labute approximate surface area is 125 Å². The van der Waals surface area contributed by atoms with Gasteiger partial charge in [0.1, 0.15) is 11.8 Å². The average Bonchev–Trinajstić information content (AvgIpc) is 2.56. The predicted molar refractivity (Wildman–Crippen MR) is 78.2 cm³/mol. The predicted octanol–water partition coefficient (Wildman–Crippen LogP) is 1.37. The molecule has 3 rings (SSSR count). The van der Waals surface area contributed by atoms with E-state index < -0.39 is 18.3 Å². The summed E-state index contributed by atoms with van der Waals surface area (Å²) >= 11 is 0. The quantitative estimate of drug-likeness (QED) is 0.768. The van der Waals surface area contributed by atoms with Crippen molar-refractivity contribution < 1.29 is 14.0 Å². The Balaban J connectivity index is 1.91. The van der Waals surface area contributed by atoms with E-state index in [0.717, 1.165) is 5.69 Å². The normalized spacial score (nSPS) is 23.7. The summed E-state index contributed by atoms with van der Waals surface area (Å²) in [5.41, 5.74) is 1.12. The summed E-state index contributed by atoms with van der Waals surface area (Å²) in [4.78, 5) is 4.45. The van der Waals surface area contributed by atoms with Crippen molar-refractivity contribution in [1.82, 2.24) is 4.98 Å². The van der Waals surface area contributed by atoms with E-state index in [0.29, 0.717) is 30.3 Å². The second kappa shape index (κ2) is 4.80. The van der Waals surface area contributed by atoms with Crippen LogP contribution < -0.4 is 5.46 Å². The molecule has 0 aromatic carbocycles. The summed E-state index contributed by atoms with van der Waals surface area (Å²) in [5.74, 6) is 0.296. The molecule has 3 heterocycles. The number of aromatic nitrogens is 1. The van der Waals surface area contributed by atoms with Gasteiger partial charge in [-0.25, -0.2) is 4.98 Å². The van der Waals surface area contributed by atoms with Gasteiger partial charge >= 0.3 is 7.12 Å². The standard InChI is InChI=1S/C15H19BN2O3/c1-14(2)15(3,4)21-16(20-14)11-5-6-12(10-8-19-9-10)18-13(11)7-17/h5-6,10H,8-9H2,1-4H3. The third-order valence-corrected chi connectivity index (χ3v) is 4.62. The Bertz CT molecular complexity index is 589. The molecule has 0 N–H and O–H groups in total. The monoisotopic (exact) mass is 286 g/mol. The van der Waals surface area contributed by atoms with Crippen molar-refractivity contribution in [3.63, 3.8) is 0 Å². The van der Waals surface area contributed by atoms with Crippen molar-refractivity contribution in [3.05, 3.63) is 23.5 Å². The Morgan fingerprint density at radius 1 is 1.19 bits per heavy atom. The molecule has 0 radical (unpaired) electrons. The van der Waals surface area contributed by atoms with Crippen molar-refractivity contribution in [2.24, 2.45) is 0 Å². The van der Waals surface area contributed by atoms with Crippen LogP contribution in [0.1, 0.15) is 45.0 Å². The summed E-state index contributed by atoms with van der Waals surface area (Å²) in [6.45, 7) is 9.32. The smallest absolute Gasteiger partial charge is 0.399 e. The molecule has 0 saturated carbocycles. The van der Waals surface area contributed by atoms with E-state index in [4.69, 9.17) is 14.0 Å². The molecule has 2 saturated heterocycles. The van der Waals surface area contributed by atoms with E-state index >= 15 is 0 Å². The van der Waals surface area contributed by atoms with Gasteiger partial charge in [-0.1, -0.05) is 6.07 Å². The first-order valence-electron chi connectivity index (χ1n) is 7.18. The molecule has 1 aromatic heterocycles. The summed E-state index contributed by atoms with van der Waals surface area (Å²) in [6, 6.07) is 5.99. The van der Waals surface area contributed by atoms with Crippen molar-refractivity contribution in [2.75, 3.05) is 13.2 Å². The molecule has 2 aliphatic rings. The van der Waals surface area contributed by atoms with Gasteiger partial charge in [-0.3, -0.25) is 0 Å². The Hall–Kier alpha value is -1.42. The van der Waals surface area contributed by atoms with Crippen LogP contribution in [-0.2, 0) is 14.0 Å². The fourth-order valence-electron chi connectivity index (χ4n) is 2.37. The highest BCUT2D eigenvalue weighted by atomic mass is 16.7. The van der Waals surface area contributed by atoms with E-state index in [1.54, 1.807) is 0 Å². The van der Waals surface area contributed by atoms with Crippen LogP contribution in [0.25, 0.3) is 0 Å². The van der Waals surface area contributed by atoms with Gasteiger partial charge in [0.05, 0.1) is 24.4 Å². The first-order chi connectivity index (χ1) is 9.84. The first kappa shape index (κ1) is 14.5. The first-order valence-corrected chi connectivity index (χ1v) is 7.18. The van der Waals surface area contributed by atoms with E-state index in [-0.39, 0.29) is 0 Å². The highest BCUT2D eigenvalue weighted by molar-refractivity contribution is 6.62. The van der Waals surface area contributed by atoms with Crippen LogP contribution in [0.15, 0.2) is 12.1 Å². The zero-order chi connectivity index (χ0) is 15.3. The number of hydrogen-bond donors (Lipinski definition) is 0. The molecule has 1 aromatic rings. The maximum absolute atomic E-state index is 9.38. The van der Waals surface area contributed by atoms with Gasteiger partial charge in [0.2, 0.25) is 0 Å². The summed E-state index contributed by atoms with van der Waals surface area (Å²) in [7, 11) is -0.552. The highest BCUT2D eigenvalue weighted by Crippen LogP contribution is 2.36. The maximum atomic E-state index is 9.38. The average molecular weight is 286 g/mol. The van der Waals surface area contributed by atoms with Crippen LogP contribution in [0.4, 0.5) is 0 Å². The van der Waals surface area contributed by atoms with E-state index in [1.807, 2.05) is 39.8 Å². The van der Waals surface area contributed by atoms with Crippen molar-refractivity contribution in [3.8, 4) is 6.07 Å². The maximum Gasteiger partial charge on any atom is 0.497 e. The number of nitrogens with zero attached hydrogens (tertiary/aromatic N) is 2. The Morgan fingerprint density at radius 2 is 1.81 bits per heavy atom. The van der Waals surface area contributed by atoms with Gasteiger partial charge in [-0.15, -0.1) is 0 Å². The molecule has 21 heavy (non-hydrogen) atoms. The number of rotatable bonds is 2. The summed E-state index contributed by atoms with van der Waals surface area (Å²) < 4.78 is 17.2. The summed E-state index contributed by atoms with van der Waals surface area (Å²) in [5, 5.41) is 9.38. The van der Waals surface area contributed by atoms with Gasteiger partial charge in [-0.05, 0) is 33.8 Å². The molecular weight excluding hydrogens is 267 g/mol. The molecule has 2 fully saturated rings. The number of ether oxygens (including phenoxy) is 1. The molecule has 6 heteroatoms. The fraction of sp³-hybridized carbons (Fsp3) is 0.600. The lowest BCUT2D eigenvalue weighted by atomic mass is 9.77. The van der Waals surface area contributed by atoms with Crippen molar-refractivity contribution >= 4 is 12.6 Å². The molecule has 0 bridgehead atoms. The second-order valence-electron chi connectivity index (χ2n) is 6.61. The molecular formula is C15H19BN2O3. The lowest BCUT2D eigenvalue weighted by Crippen LogP contribution is -2.41. The summed E-state index contributed by atoms with van der Waals surface area (Å²) in [6.07, 6.45) is 0. The largest absolute Gasteiger partial charge is 0.497 e. The molecule has 0 atom stereocenters. The highest BCUT2D eigenvalue weighted by Gasteiger charge is 2.52. The number of pyridine rings is 1. The van der Waals surface area contributed by atoms with Crippen LogP contribution >= 0.6 is 0 Å². The van der Waals surface area contributed by atoms with Crippen molar-refractivity contribution in [2.45, 2.75) is 44.8 Å². The lowest BCUT2D eigenvalue weighted by molar-refractivity contribution is 0.00578. The van der Waals surface area contributed by atoms with Gasteiger partial charge < -0.3 is 14.0 Å². The zero-order valence-corrected chi connectivity index (χ0v) is 12.8.